The average Bonchev–Trinajstić information content (AvgIpc) is 2.45. The fourth-order valence-electron chi connectivity index (χ4n) is 1.60. The van der Waals surface area contributed by atoms with Gasteiger partial charge in [-0.1, -0.05) is 18.2 Å². The number of nitrogens with two attached hydrogens (primary N) is 1. The summed E-state index contributed by atoms with van der Waals surface area (Å²) >= 11 is 0. The number of hydrogen-bond acceptors (Lipinski definition) is 6. The number of rotatable bonds is 3. The fraction of sp³-hybridized carbons (Fsp3) is 0.143. The predicted molar refractivity (Wildman–Crippen MR) is 78.5 cm³/mol. The number of anilines is 2. The molecule has 0 aliphatic rings. The highest BCUT2D eigenvalue weighted by atomic mass is 19.1. The number of nitrogens with zero attached hydrogens (tertiary/aromatic N) is 5. The van der Waals surface area contributed by atoms with E-state index >= 15 is 0 Å². The van der Waals surface area contributed by atoms with Crippen molar-refractivity contribution < 1.29 is 4.39 Å². The molecule has 0 unspecified atom stereocenters. The van der Waals surface area contributed by atoms with E-state index in [-0.39, 0.29) is 22.9 Å². The van der Waals surface area contributed by atoms with Gasteiger partial charge in [-0.3, -0.25) is 0 Å². The van der Waals surface area contributed by atoms with Crippen LogP contribution in [0.15, 0.2) is 24.3 Å². The third-order valence-electron chi connectivity index (χ3n) is 2.61. The second-order valence-electron chi connectivity index (χ2n) is 4.40. The number of halogens is 1. The van der Waals surface area contributed by atoms with Gasteiger partial charge in [-0.25, -0.2) is 4.39 Å². The molecule has 0 aliphatic heterocycles. The second-order valence-corrected chi connectivity index (χ2v) is 4.40. The van der Waals surface area contributed by atoms with E-state index in [4.69, 9.17) is 5.73 Å². The van der Waals surface area contributed by atoms with Crippen LogP contribution < -0.4 is 10.6 Å². The molecule has 1 aromatic heterocycles. The Bertz CT molecular complexity index is 732. The summed E-state index contributed by atoms with van der Waals surface area (Å²) in [6.07, 6.45) is 1.38. The molecular formula is C14H13FN6. The fourth-order valence-corrected chi connectivity index (χ4v) is 1.60. The Labute approximate surface area is 121 Å². The van der Waals surface area contributed by atoms with Crippen LogP contribution in [0, 0.1) is 17.1 Å². The first-order chi connectivity index (χ1) is 10.0. The molecule has 0 atom stereocenters. The van der Waals surface area contributed by atoms with Crippen molar-refractivity contribution in [1.29, 1.82) is 5.26 Å². The average molecular weight is 284 g/mol. The van der Waals surface area contributed by atoms with Crippen LogP contribution in [0.1, 0.15) is 11.4 Å². The molecule has 2 rings (SSSR count). The van der Waals surface area contributed by atoms with Crippen LogP contribution in [0.25, 0.3) is 11.6 Å². The number of hydrogen-bond donors (Lipinski definition) is 1. The quantitative estimate of drug-likeness (QED) is 0.863. The molecule has 6 nitrogen and oxygen atoms in total. The summed E-state index contributed by atoms with van der Waals surface area (Å²) in [5, 5.41) is 9.26. The lowest BCUT2D eigenvalue weighted by molar-refractivity contribution is 0.625. The molecule has 0 bridgehead atoms. The molecule has 1 heterocycles. The molecule has 2 N–H and O–H groups in total. The van der Waals surface area contributed by atoms with Gasteiger partial charge in [0.05, 0.1) is 5.57 Å². The summed E-state index contributed by atoms with van der Waals surface area (Å²) in [6, 6.07) is 8.08. The van der Waals surface area contributed by atoms with Crippen molar-refractivity contribution in [2.75, 3.05) is 24.7 Å². The molecule has 0 aliphatic carbocycles. The van der Waals surface area contributed by atoms with Crippen LogP contribution in [0.2, 0.25) is 0 Å². The lowest BCUT2D eigenvalue weighted by Crippen LogP contribution is -2.15. The van der Waals surface area contributed by atoms with Crippen LogP contribution >= 0.6 is 0 Å². The molecule has 7 heteroatoms. The van der Waals surface area contributed by atoms with E-state index < -0.39 is 5.82 Å². The van der Waals surface area contributed by atoms with Gasteiger partial charge in [0.25, 0.3) is 0 Å². The van der Waals surface area contributed by atoms with Gasteiger partial charge in [0.2, 0.25) is 11.9 Å². The number of nitriles is 1. The molecule has 0 amide bonds. The Balaban J connectivity index is 2.53. The first-order valence-corrected chi connectivity index (χ1v) is 6.07. The third-order valence-corrected chi connectivity index (χ3v) is 2.61. The Kier molecular flexibility index (Phi) is 4.09. The Morgan fingerprint density at radius 2 is 2.00 bits per heavy atom. The zero-order chi connectivity index (χ0) is 15.4. The zero-order valence-electron chi connectivity index (χ0n) is 11.6. The third kappa shape index (κ3) is 3.30. The van der Waals surface area contributed by atoms with Gasteiger partial charge >= 0.3 is 0 Å². The SMILES string of the molecule is CN(C)c1nc(N)nc(C(C#N)=Cc2ccccc2F)n1. The Morgan fingerprint density at radius 3 is 2.62 bits per heavy atom. The molecule has 0 saturated heterocycles. The van der Waals surface area contributed by atoms with Gasteiger partial charge in [-0.2, -0.15) is 20.2 Å². The minimum absolute atomic E-state index is 0.00150. The first-order valence-electron chi connectivity index (χ1n) is 6.07. The van der Waals surface area contributed by atoms with Gasteiger partial charge in [-0.15, -0.1) is 0 Å². The van der Waals surface area contributed by atoms with Crippen LogP contribution in [0.5, 0.6) is 0 Å². The van der Waals surface area contributed by atoms with Crippen molar-refractivity contribution in [2.45, 2.75) is 0 Å². The van der Waals surface area contributed by atoms with Gasteiger partial charge in [0.1, 0.15) is 11.9 Å². The van der Waals surface area contributed by atoms with E-state index in [1.54, 1.807) is 37.2 Å². The minimum Gasteiger partial charge on any atom is -0.368 e. The standard InChI is InChI=1S/C14H13FN6/c1-21(2)14-19-12(18-13(17)20-14)10(8-16)7-9-5-3-4-6-11(9)15/h3-7H,1-2H3,(H2,17,18,19,20). The number of benzene rings is 1. The van der Waals surface area contributed by atoms with Crippen LogP contribution in [-0.2, 0) is 0 Å². The lowest BCUT2D eigenvalue weighted by Gasteiger charge is -2.11. The summed E-state index contributed by atoms with van der Waals surface area (Å²) in [7, 11) is 3.48. The minimum atomic E-state index is -0.430. The summed E-state index contributed by atoms with van der Waals surface area (Å²) in [5.74, 6) is 0.00244. The van der Waals surface area contributed by atoms with Gasteiger partial charge in [0.15, 0.2) is 5.82 Å². The zero-order valence-corrected chi connectivity index (χ0v) is 11.6. The smallest absolute Gasteiger partial charge is 0.230 e. The summed E-state index contributed by atoms with van der Waals surface area (Å²) in [5.41, 5.74) is 6.00. The van der Waals surface area contributed by atoms with Crippen molar-refractivity contribution in [3.05, 3.63) is 41.5 Å². The molecule has 0 spiro atoms. The van der Waals surface area contributed by atoms with E-state index in [9.17, 15) is 9.65 Å². The molecule has 0 fully saturated rings. The predicted octanol–water partition coefficient (Wildman–Crippen LogP) is 1.72. The molecule has 21 heavy (non-hydrogen) atoms. The van der Waals surface area contributed by atoms with E-state index in [0.717, 1.165) is 0 Å². The highest BCUT2D eigenvalue weighted by Crippen LogP contribution is 2.18. The molecule has 1 aromatic carbocycles. The second kappa shape index (κ2) is 5.96. The van der Waals surface area contributed by atoms with E-state index in [1.165, 1.54) is 12.1 Å². The van der Waals surface area contributed by atoms with Crippen molar-refractivity contribution >= 4 is 23.5 Å². The topological polar surface area (TPSA) is 91.7 Å². The highest BCUT2D eigenvalue weighted by Gasteiger charge is 2.11. The van der Waals surface area contributed by atoms with Crippen molar-refractivity contribution in [2.24, 2.45) is 0 Å². The van der Waals surface area contributed by atoms with Crippen LogP contribution in [-0.4, -0.2) is 29.0 Å². The van der Waals surface area contributed by atoms with Crippen LogP contribution in [0.4, 0.5) is 16.3 Å². The maximum atomic E-state index is 13.6. The van der Waals surface area contributed by atoms with E-state index in [1.807, 2.05) is 6.07 Å². The van der Waals surface area contributed by atoms with Gasteiger partial charge in [-0.05, 0) is 12.1 Å². The molecular weight excluding hydrogens is 271 g/mol. The number of nitrogen functional groups attached to an aromatic ring is 1. The van der Waals surface area contributed by atoms with Crippen LogP contribution in [0.3, 0.4) is 0 Å². The van der Waals surface area contributed by atoms with Crippen molar-refractivity contribution in [3.8, 4) is 6.07 Å². The van der Waals surface area contributed by atoms with Gasteiger partial charge in [0, 0.05) is 19.7 Å². The summed E-state index contributed by atoms with van der Waals surface area (Å²) in [6.45, 7) is 0. The van der Waals surface area contributed by atoms with E-state index in [2.05, 4.69) is 15.0 Å². The monoisotopic (exact) mass is 284 g/mol. The maximum Gasteiger partial charge on any atom is 0.230 e. The highest BCUT2D eigenvalue weighted by molar-refractivity contribution is 5.87. The molecule has 0 radical (unpaired) electrons. The van der Waals surface area contributed by atoms with Crippen molar-refractivity contribution in [3.63, 3.8) is 0 Å². The van der Waals surface area contributed by atoms with E-state index in [0.29, 0.717) is 5.95 Å². The molecule has 0 saturated carbocycles. The Hall–Kier alpha value is -3.01. The Morgan fingerprint density at radius 1 is 1.29 bits per heavy atom. The largest absolute Gasteiger partial charge is 0.368 e. The first kappa shape index (κ1) is 14.4. The summed E-state index contributed by atoms with van der Waals surface area (Å²) < 4.78 is 13.6. The maximum absolute atomic E-state index is 13.6. The van der Waals surface area contributed by atoms with Crippen molar-refractivity contribution in [1.82, 2.24) is 15.0 Å². The summed E-state index contributed by atoms with van der Waals surface area (Å²) in [4.78, 5) is 13.7. The number of aromatic nitrogens is 3. The molecule has 106 valence electrons. The molecule has 2 aromatic rings. The normalized spacial score (nSPS) is 11.0. The van der Waals surface area contributed by atoms with Gasteiger partial charge < -0.3 is 10.6 Å². The lowest BCUT2D eigenvalue weighted by atomic mass is 10.1. The number of allylic oxidation sites excluding steroid dienone is 1.